The largest absolute Gasteiger partial charge is 0.508 e. The van der Waals surface area contributed by atoms with E-state index in [1.54, 1.807) is 13.8 Å². The first kappa shape index (κ1) is 18.5. The predicted octanol–water partition coefficient (Wildman–Crippen LogP) is 3.38. The van der Waals surface area contributed by atoms with Crippen LogP contribution in [0.2, 0.25) is 0 Å². The summed E-state index contributed by atoms with van der Waals surface area (Å²) in [7, 11) is 0. The van der Waals surface area contributed by atoms with Gasteiger partial charge >= 0.3 is 12.3 Å². The minimum Gasteiger partial charge on any atom is -0.434 e. The molecule has 0 radical (unpaired) electrons. The molecule has 0 rings (SSSR count). The van der Waals surface area contributed by atoms with E-state index >= 15 is 0 Å². The minimum atomic E-state index is -0.766. The second-order valence-electron chi connectivity index (χ2n) is 5.56. The van der Waals surface area contributed by atoms with Gasteiger partial charge in [-0.3, -0.25) is 0 Å². The maximum absolute atomic E-state index is 11.3. The van der Waals surface area contributed by atoms with Crippen molar-refractivity contribution in [3.63, 3.8) is 0 Å². The fraction of sp³-hybridized carbons (Fsp3) is 0.857. The fourth-order valence-corrected chi connectivity index (χ4v) is 1.03. The normalized spacial score (nSPS) is 13.8. The van der Waals surface area contributed by atoms with Crippen LogP contribution in [0.25, 0.3) is 0 Å². The lowest BCUT2D eigenvalue weighted by Crippen LogP contribution is -2.31. The number of carbonyl (C=O) groups is 2. The van der Waals surface area contributed by atoms with Crippen LogP contribution in [0, 0.1) is 11.8 Å². The Morgan fingerprint density at radius 3 is 1.25 bits per heavy atom. The molecule has 0 aliphatic heterocycles. The molecule has 0 bridgehead atoms. The monoisotopic (exact) mass is 290 g/mol. The van der Waals surface area contributed by atoms with Crippen LogP contribution in [-0.2, 0) is 18.9 Å². The molecule has 2 unspecified atom stereocenters. The van der Waals surface area contributed by atoms with Gasteiger partial charge in [0.2, 0.25) is 0 Å². The van der Waals surface area contributed by atoms with Crippen molar-refractivity contribution in [1.82, 2.24) is 0 Å². The summed E-state index contributed by atoms with van der Waals surface area (Å²) in [5.74, 6) is 0.468. The van der Waals surface area contributed by atoms with Crippen molar-refractivity contribution < 1.29 is 28.5 Å². The Morgan fingerprint density at radius 1 is 0.700 bits per heavy atom. The molecule has 2 atom stereocenters. The summed E-state index contributed by atoms with van der Waals surface area (Å²) in [5, 5.41) is 0. The average Bonchev–Trinajstić information content (AvgIpc) is 2.33. The third kappa shape index (κ3) is 9.47. The molecule has 6 heteroatoms. The molecule has 0 aromatic rings. The predicted molar refractivity (Wildman–Crippen MR) is 73.5 cm³/mol. The average molecular weight is 290 g/mol. The third-order valence-electron chi connectivity index (χ3n) is 2.29. The van der Waals surface area contributed by atoms with Crippen molar-refractivity contribution in [1.29, 1.82) is 0 Å². The summed E-state index contributed by atoms with van der Waals surface area (Å²) in [4.78, 5) is 22.7. The van der Waals surface area contributed by atoms with Crippen LogP contribution in [0.3, 0.4) is 0 Å². The summed E-state index contributed by atoms with van der Waals surface area (Å²) in [6.07, 6.45) is -2.75. The molecule has 0 spiro atoms. The van der Waals surface area contributed by atoms with Crippen LogP contribution in [0.4, 0.5) is 9.59 Å². The lowest BCUT2D eigenvalue weighted by atomic mass is 10.2. The molecule has 0 aromatic heterocycles. The quantitative estimate of drug-likeness (QED) is 0.669. The first-order valence-electron chi connectivity index (χ1n) is 6.89. The summed E-state index contributed by atoms with van der Waals surface area (Å²) in [5.41, 5.74) is 0. The Labute approximate surface area is 120 Å². The van der Waals surface area contributed by atoms with E-state index in [1.807, 2.05) is 27.7 Å². The zero-order chi connectivity index (χ0) is 15.7. The maximum Gasteiger partial charge on any atom is 0.508 e. The first-order chi connectivity index (χ1) is 9.22. The fourth-order valence-electron chi connectivity index (χ4n) is 1.03. The van der Waals surface area contributed by atoms with Crippen molar-refractivity contribution in [2.45, 2.75) is 53.8 Å². The van der Waals surface area contributed by atoms with Crippen LogP contribution in [0.1, 0.15) is 41.5 Å². The van der Waals surface area contributed by atoms with Gasteiger partial charge in [0.15, 0.2) is 0 Å². The second-order valence-corrected chi connectivity index (χ2v) is 5.56. The van der Waals surface area contributed by atoms with Gasteiger partial charge in [-0.2, -0.15) is 0 Å². The first-order valence-corrected chi connectivity index (χ1v) is 6.89. The van der Waals surface area contributed by atoms with Gasteiger partial charge in [0, 0.05) is 0 Å². The topological polar surface area (TPSA) is 71.1 Å². The minimum absolute atomic E-state index is 0.234. The molecule has 118 valence electrons. The van der Waals surface area contributed by atoms with E-state index in [9.17, 15) is 9.59 Å². The van der Waals surface area contributed by atoms with Crippen molar-refractivity contribution in [2.75, 3.05) is 13.2 Å². The highest BCUT2D eigenvalue weighted by atomic mass is 16.8. The Hall–Kier alpha value is -1.46. The summed E-state index contributed by atoms with van der Waals surface area (Å²) in [6, 6.07) is 0. The molecule has 0 aliphatic rings. The van der Waals surface area contributed by atoms with Crippen LogP contribution in [-0.4, -0.2) is 37.7 Å². The molecule has 0 heterocycles. The Bertz CT molecular complexity index is 270. The van der Waals surface area contributed by atoms with Gasteiger partial charge in [-0.25, -0.2) is 9.59 Å². The highest BCUT2D eigenvalue weighted by Crippen LogP contribution is 2.07. The van der Waals surface area contributed by atoms with Crippen LogP contribution >= 0.6 is 0 Å². The molecule has 0 aromatic carbocycles. The van der Waals surface area contributed by atoms with E-state index in [0.29, 0.717) is 0 Å². The summed E-state index contributed by atoms with van der Waals surface area (Å²) in [6.45, 7) is 11.5. The lowest BCUT2D eigenvalue weighted by Gasteiger charge is -2.20. The second kappa shape index (κ2) is 9.44. The van der Waals surface area contributed by atoms with Crippen molar-refractivity contribution in [3.05, 3.63) is 0 Å². The van der Waals surface area contributed by atoms with Crippen LogP contribution < -0.4 is 0 Å². The molecular weight excluding hydrogens is 264 g/mol. The number of rotatable bonds is 7. The molecule has 0 N–H and O–H groups in total. The van der Waals surface area contributed by atoms with Gasteiger partial charge in [-0.1, -0.05) is 27.7 Å². The van der Waals surface area contributed by atoms with Gasteiger partial charge in [0.05, 0.1) is 13.2 Å². The molecule has 0 saturated carbocycles. The zero-order valence-electron chi connectivity index (χ0n) is 13.2. The molecule has 0 amide bonds. The number of hydrogen-bond donors (Lipinski definition) is 0. The van der Waals surface area contributed by atoms with E-state index in [0.717, 1.165) is 0 Å². The Balaban J connectivity index is 3.98. The van der Waals surface area contributed by atoms with Gasteiger partial charge in [-0.05, 0) is 25.7 Å². The van der Waals surface area contributed by atoms with Crippen LogP contribution in [0.5, 0.6) is 0 Å². The summed E-state index contributed by atoms with van der Waals surface area (Å²) >= 11 is 0. The van der Waals surface area contributed by atoms with Crippen molar-refractivity contribution in [3.8, 4) is 0 Å². The van der Waals surface area contributed by atoms with E-state index in [4.69, 9.17) is 18.9 Å². The van der Waals surface area contributed by atoms with E-state index in [2.05, 4.69) is 0 Å². The van der Waals surface area contributed by atoms with E-state index in [-0.39, 0.29) is 25.0 Å². The van der Waals surface area contributed by atoms with E-state index in [1.165, 1.54) is 0 Å². The lowest BCUT2D eigenvalue weighted by molar-refractivity contribution is -0.0463. The third-order valence-corrected chi connectivity index (χ3v) is 2.29. The number of ether oxygens (including phenoxy) is 4. The molecule has 6 nitrogen and oxygen atoms in total. The standard InChI is InChI=1S/C14H26O6/c1-9(2)7-17-13(15)19-11(5)12(6)20-14(16)18-8-10(3)4/h9-12H,7-8H2,1-6H3. The van der Waals surface area contributed by atoms with E-state index < -0.39 is 24.5 Å². The van der Waals surface area contributed by atoms with Crippen molar-refractivity contribution in [2.24, 2.45) is 11.8 Å². The van der Waals surface area contributed by atoms with Gasteiger partial charge < -0.3 is 18.9 Å². The zero-order valence-corrected chi connectivity index (χ0v) is 13.2. The molecule has 0 aliphatic carbocycles. The maximum atomic E-state index is 11.3. The summed E-state index contributed by atoms with van der Waals surface area (Å²) < 4.78 is 19.7. The van der Waals surface area contributed by atoms with Crippen molar-refractivity contribution >= 4 is 12.3 Å². The van der Waals surface area contributed by atoms with Crippen LogP contribution in [0.15, 0.2) is 0 Å². The molecule has 0 fully saturated rings. The Morgan fingerprint density at radius 2 is 1.00 bits per heavy atom. The van der Waals surface area contributed by atoms with Gasteiger partial charge in [0.1, 0.15) is 12.2 Å². The highest BCUT2D eigenvalue weighted by molar-refractivity contribution is 5.61. The van der Waals surface area contributed by atoms with Gasteiger partial charge in [-0.15, -0.1) is 0 Å². The SMILES string of the molecule is CC(C)COC(=O)OC(C)C(C)OC(=O)OCC(C)C. The molecule has 20 heavy (non-hydrogen) atoms. The van der Waals surface area contributed by atoms with Gasteiger partial charge in [0.25, 0.3) is 0 Å². The molecule has 0 saturated heterocycles. The number of hydrogen-bond acceptors (Lipinski definition) is 6. The Kier molecular flexibility index (Phi) is 8.76. The number of carbonyl (C=O) groups excluding carboxylic acids is 2. The highest BCUT2D eigenvalue weighted by Gasteiger charge is 2.22. The smallest absolute Gasteiger partial charge is 0.434 e. The molecular formula is C14H26O6.